The van der Waals surface area contributed by atoms with E-state index in [-0.39, 0.29) is 5.91 Å². The molecule has 0 fully saturated rings. The zero-order valence-electron chi connectivity index (χ0n) is 8.16. The van der Waals surface area contributed by atoms with Crippen molar-refractivity contribution < 1.29 is 4.79 Å². The second-order valence-electron chi connectivity index (χ2n) is 3.04. The Bertz CT molecular complexity index is 274. The molecule has 1 heterocycles. The van der Waals surface area contributed by atoms with E-state index in [1.54, 1.807) is 24.2 Å². The van der Waals surface area contributed by atoms with Crippen molar-refractivity contribution in [3.63, 3.8) is 0 Å². The number of rotatable bonds is 5. The third-order valence-corrected chi connectivity index (χ3v) is 2.26. The predicted octanol–water partition coefficient (Wildman–Crippen LogP) is 1.78. The van der Waals surface area contributed by atoms with Gasteiger partial charge in [0.2, 0.25) is 5.91 Å². The summed E-state index contributed by atoms with van der Waals surface area (Å²) in [6.45, 7) is 0. The Morgan fingerprint density at radius 2 is 2.43 bits per heavy atom. The van der Waals surface area contributed by atoms with Crippen LogP contribution in [0.4, 0.5) is 5.82 Å². The highest BCUT2D eigenvalue weighted by atomic mass is 35.5. The standard InChI is InChI=1S/C9H14ClN3O/c1-13(8-5-7-11-12-8)9(14)4-2-3-6-10/h5,7H,2-4,6H2,1H3,(H,11,12). The Hall–Kier alpha value is -1.03. The maximum atomic E-state index is 11.6. The third kappa shape index (κ3) is 3.03. The number of nitrogens with one attached hydrogen (secondary N) is 1. The molecule has 1 aromatic rings. The van der Waals surface area contributed by atoms with Crippen molar-refractivity contribution in [2.75, 3.05) is 17.8 Å². The number of alkyl halides is 1. The molecule has 0 saturated carbocycles. The lowest BCUT2D eigenvalue weighted by Gasteiger charge is -2.14. The minimum absolute atomic E-state index is 0.0827. The lowest BCUT2D eigenvalue weighted by atomic mass is 10.2. The molecule has 0 aromatic carbocycles. The molecule has 0 unspecified atom stereocenters. The molecule has 1 rings (SSSR count). The van der Waals surface area contributed by atoms with Crippen LogP contribution in [-0.2, 0) is 4.79 Å². The largest absolute Gasteiger partial charge is 0.300 e. The van der Waals surface area contributed by atoms with Crippen LogP contribution in [0, 0.1) is 0 Å². The van der Waals surface area contributed by atoms with Crippen molar-refractivity contribution in [2.45, 2.75) is 19.3 Å². The summed E-state index contributed by atoms with van der Waals surface area (Å²) in [7, 11) is 1.73. The van der Waals surface area contributed by atoms with E-state index < -0.39 is 0 Å². The third-order valence-electron chi connectivity index (χ3n) is 2.00. The second-order valence-corrected chi connectivity index (χ2v) is 3.42. The van der Waals surface area contributed by atoms with Crippen LogP contribution in [0.2, 0.25) is 0 Å². The zero-order chi connectivity index (χ0) is 10.4. The molecule has 0 bridgehead atoms. The molecule has 1 amide bonds. The molecule has 78 valence electrons. The first kappa shape index (κ1) is 11.0. The summed E-state index contributed by atoms with van der Waals surface area (Å²) in [5.74, 6) is 1.42. The maximum Gasteiger partial charge on any atom is 0.227 e. The van der Waals surface area contributed by atoms with Gasteiger partial charge in [0.05, 0.1) is 6.20 Å². The first-order valence-corrected chi connectivity index (χ1v) is 5.11. The van der Waals surface area contributed by atoms with Gasteiger partial charge in [0, 0.05) is 25.4 Å². The van der Waals surface area contributed by atoms with Crippen molar-refractivity contribution in [1.82, 2.24) is 10.2 Å². The Balaban J connectivity index is 2.37. The van der Waals surface area contributed by atoms with Gasteiger partial charge < -0.3 is 4.90 Å². The van der Waals surface area contributed by atoms with Crippen LogP contribution in [0.5, 0.6) is 0 Å². The molecule has 1 N–H and O–H groups in total. The maximum absolute atomic E-state index is 11.6. The number of aromatic nitrogens is 2. The van der Waals surface area contributed by atoms with Crippen LogP contribution in [0.1, 0.15) is 19.3 Å². The lowest BCUT2D eigenvalue weighted by Crippen LogP contribution is -2.26. The fourth-order valence-corrected chi connectivity index (χ4v) is 1.30. The van der Waals surface area contributed by atoms with Crippen LogP contribution in [0.3, 0.4) is 0 Å². The van der Waals surface area contributed by atoms with Crippen LogP contribution in [-0.4, -0.2) is 29.0 Å². The molecule has 4 nitrogen and oxygen atoms in total. The highest BCUT2D eigenvalue weighted by Crippen LogP contribution is 2.09. The van der Waals surface area contributed by atoms with Gasteiger partial charge in [-0.05, 0) is 12.8 Å². The molecule has 14 heavy (non-hydrogen) atoms. The van der Waals surface area contributed by atoms with Crippen LogP contribution < -0.4 is 4.90 Å². The van der Waals surface area contributed by atoms with E-state index in [0.717, 1.165) is 18.7 Å². The van der Waals surface area contributed by atoms with Crippen LogP contribution in [0.15, 0.2) is 12.3 Å². The highest BCUT2D eigenvalue weighted by molar-refractivity contribution is 6.17. The normalized spacial score (nSPS) is 10.1. The van der Waals surface area contributed by atoms with Crippen molar-refractivity contribution in [2.24, 2.45) is 0 Å². The summed E-state index contributed by atoms with van der Waals surface area (Å²) >= 11 is 5.52. The first-order valence-electron chi connectivity index (χ1n) is 4.57. The Morgan fingerprint density at radius 3 is 3.00 bits per heavy atom. The average Bonchev–Trinajstić information content (AvgIpc) is 2.69. The van der Waals surface area contributed by atoms with Crippen molar-refractivity contribution in [3.8, 4) is 0 Å². The van der Waals surface area contributed by atoms with Gasteiger partial charge >= 0.3 is 0 Å². The number of carbonyl (C=O) groups excluding carboxylic acids is 1. The Labute approximate surface area is 88.2 Å². The molecule has 0 aliphatic heterocycles. The number of nitrogens with zero attached hydrogens (tertiary/aromatic N) is 2. The van der Waals surface area contributed by atoms with Gasteiger partial charge in [-0.1, -0.05) is 0 Å². The van der Waals surface area contributed by atoms with Gasteiger partial charge in [0.15, 0.2) is 0 Å². The van der Waals surface area contributed by atoms with Crippen molar-refractivity contribution in [1.29, 1.82) is 0 Å². The number of halogens is 1. The minimum atomic E-state index is 0.0827. The molecule has 0 radical (unpaired) electrons. The van der Waals surface area contributed by atoms with Gasteiger partial charge in [-0.15, -0.1) is 11.6 Å². The van der Waals surface area contributed by atoms with E-state index >= 15 is 0 Å². The first-order chi connectivity index (χ1) is 6.75. The van der Waals surface area contributed by atoms with E-state index in [1.807, 2.05) is 0 Å². The van der Waals surface area contributed by atoms with Crippen LogP contribution >= 0.6 is 11.6 Å². The van der Waals surface area contributed by atoms with E-state index in [1.165, 1.54) is 0 Å². The summed E-state index contributed by atoms with van der Waals surface area (Å²) in [5.41, 5.74) is 0. The Morgan fingerprint density at radius 1 is 1.64 bits per heavy atom. The van der Waals surface area contributed by atoms with Crippen LogP contribution in [0.25, 0.3) is 0 Å². The number of amides is 1. The summed E-state index contributed by atoms with van der Waals surface area (Å²) in [5, 5.41) is 6.52. The molecule has 0 saturated heterocycles. The molecule has 1 aromatic heterocycles. The fourth-order valence-electron chi connectivity index (χ4n) is 1.11. The Kier molecular flexibility index (Phi) is 4.46. The molecule has 0 spiro atoms. The summed E-state index contributed by atoms with van der Waals surface area (Å²) in [4.78, 5) is 13.1. The SMILES string of the molecule is CN(C(=O)CCCCCl)c1ccn[nH]1. The number of carbonyl (C=O) groups is 1. The number of aromatic amines is 1. The zero-order valence-corrected chi connectivity index (χ0v) is 8.92. The number of hydrogen-bond acceptors (Lipinski definition) is 2. The topological polar surface area (TPSA) is 49.0 Å². The average molecular weight is 216 g/mol. The number of unbranched alkanes of at least 4 members (excludes halogenated alkanes) is 1. The molecule has 0 atom stereocenters. The van der Waals surface area contributed by atoms with Gasteiger partial charge in [0.1, 0.15) is 5.82 Å². The van der Waals surface area contributed by atoms with Gasteiger partial charge in [-0.2, -0.15) is 5.10 Å². The van der Waals surface area contributed by atoms with Crippen molar-refractivity contribution >= 4 is 23.3 Å². The van der Waals surface area contributed by atoms with Gasteiger partial charge in [-0.25, -0.2) is 0 Å². The number of anilines is 1. The second kappa shape index (κ2) is 5.65. The van der Waals surface area contributed by atoms with E-state index in [2.05, 4.69) is 10.2 Å². The number of H-pyrrole nitrogens is 1. The van der Waals surface area contributed by atoms with E-state index in [4.69, 9.17) is 11.6 Å². The van der Waals surface area contributed by atoms with E-state index in [0.29, 0.717) is 12.3 Å². The molecule has 5 heteroatoms. The predicted molar refractivity (Wildman–Crippen MR) is 56.6 cm³/mol. The smallest absolute Gasteiger partial charge is 0.227 e. The monoisotopic (exact) mass is 215 g/mol. The molecular weight excluding hydrogens is 202 g/mol. The quantitative estimate of drug-likeness (QED) is 0.601. The number of hydrogen-bond donors (Lipinski definition) is 1. The lowest BCUT2D eigenvalue weighted by molar-refractivity contribution is -0.118. The molecule has 0 aliphatic rings. The summed E-state index contributed by atoms with van der Waals surface area (Å²) in [6, 6.07) is 1.76. The molecular formula is C9H14ClN3O. The van der Waals surface area contributed by atoms with E-state index in [9.17, 15) is 4.79 Å². The summed E-state index contributed by atoms with van der Waals surface area (Å²) in [6.07, 6.45) is 3.87. The minimum Gasteiger partial charge on any atom is -0.300 e. The van der Waals surface area contributed by atoms with Gasteiger partial charge in [0.25, 0.3) is 0 Å². The van der Waals surface area contributed by atoms with Gasteiger partial charge in [-0.3, -0.25) is 9.89 Å². The summed E-state index contributed by atoms with van der Waals surface area (Å²) < 4.78 is 0. The molecule has 0 aliphatic carbocycles. The van der Waals surface area contributed by atoms with Crippen molar-refractivity contribution in [3.05, 3.63) is 12.3 Å². The fraction of sp³-hybridized carbons (Fsp3) is 0.556. The highest BCUT2D eigenvalue weighted by Gasteiger charge is 2.10.